The molecule has 0 unspecified atom stereocenters. The van der Waals surface area contributed by atoms with E-state index in [4.69, 9.17) is 4.74 Å². The van der Waals surface area contributed by atoms with E-state index >= 15 is 0 Å². The fraction of sp³-hybridized carbons (Fsp3) is 0.429. The maximum absolute atomic E-state index is 11.7. The molecule has 5 nitrogen and oxygen atoms in total. The van der Waals surface area contributed by atoms with Gasteiger partial charge in [-0.15, -0.1) is 0 Å². The molecule has 0 spiro atoms. The number of hydrogen-bond acceptors (Lipinski definition) is 3. The van der Waals surface area contributed by atoms with Crippen molar-refractivity contribution in [2.75, 3.05) is 31.6 Å². The summed E-state index contributed by atoms with van der Waals surface area (Å²) in [4.78, 5) is 25.0. The monoisotopic (exact) mass is 262 g/mol. The fourth-order valence-corrected chi connectivity index (χ4v) is 2.01. The number of likely N-dealkylation sites (tertiary alicyclic amines) is 1. The van der Waals surface area contributed by atoms with E-state index in [0.717, 1.165) is 31.6 Å². The standard InChI is InChI=1S/C14H18N2O3/c17-13(15-12-6-2-1-3-7-12)10-19-11-14(18)16-8-4-5-9-16/h1-3,6-7H,4-5,8-11H2,(H,15,17). The van der Waals surface area contributed by atoms with Gasteiger partial charge >= 0.3 is 0 Å². The highest BCUT2D eigenvalue weighted by Crippen LogP contribution is 2.07. The minimum atomic E-state index is -0.250. The molecule has 0 radical (unpaired) electrons. The third-order valence-electron chi connectivity index (χ3n) is 2.98. The topological polar surface area (TPSA) is 58.6 Å². The number of amides is 2. The van der Waals surface area contributed by atoms with Gasteiger partial charge in [-0.2, -0.15) is 0 Å². The number of ether oxygens (including phenoxy) is 1. The number of benzene rings is 1. The molecule has 1 aromatic carbocycles. The van der Waals surface area contributed by atoms with Crippen LogP contribution in [0.1, 0.15) is 12.8 Å². The lowest BCUT2D eigenvalue weighted by Gasteiger charge is -2.14. The second-order valence-corrected chi connectivity index (χ2v) is 4.49. The maximum atomic E-state index is 11.7. The summed E-state index contributed by atoms with van der Waals surface area (Å²) in [7, 11) is 0. The first kappa shape index (κ1) is 13.5. The van der Waals surface area contributed by atoms with E-state index in [1.54, 1.807) is 17.0 Å². The molecule has 0 atom stereocenters. The summed E-state index contributed by atoms with van der Waals surface area (Å²) in [5.74, 6) is -0.287. The van der Waals surface area contributed by atoms with Crippen molar-refractivity contribution < 1.29 is 14.3 Å². The first-order valence-electron chi connectivity index (χ1n) is 6.46. The Labute approximate surface area is 112 Å². The highest BCUT2D eigenvalue weighted by atomic mass is 16.5. The smallest absolute Gasteiger partial charge is 0.250 e. The van der Waals surface area contributed by atoms with E-state index in [0.29, 0.717) is 0 Å². The van der Waals surface area contributed by atoms with Gasteiger partial charge in [0, 0.05) is 18.8 Å². The number of carbonyl (C=O) groups excluding carboxylic acids is 2. The number of anilines is 1. The predicted molar refractivity (Wildman–Crippen MR) is 71.7 cm³/mol. The van der Waals surface area contributed by atoms with E-state index in [9.17, 15) is 9.59 Å². The lowest BCUT2D eigenvalue weighted by molar-refractivity contribution is -0.136. The Morgan fingerprint density at radius 1 is 1.11 bits per heavy atom. The van der Waals surface area contributed by atoms with Crippen molar-refractivity contribution >= 4 is 17.5 Å². The Bertz CT molecular complexity index is 428. The highest BCUT2D eigenvalue weighted by molar-refractivity contribution is 5.91. The Kier molecular flexibility index (Phi) is 4.92. The zero-order valence-corrected chi connectivity index (χ0v) is 10.8. The summed E-state index contributed by atoms with van der Waals surface area (Å²) >= 11 is 0. The van der Waals surface area contributed by atoms with Crippen LogP contribution in [0.3, 0.4) is 0 Å². The van der Waals surface area contributed by atoms with Gasteiger partial charge in [0.05, 0.1) is 0 Å². The normalized spacial score (nSPS) is 14.4. The molecule has 5 heteroatoms. The van der Waals surface area contributed by atoms with Gasteiger partial charge in [-0.3, -0.25) is 9.59 Å². The van der Waals surface area contributed by atoms with Gasteiger partial charge in [0.2, 0.25) is 11.8 Å². The van der Waals surface area contributed by atoms with Crippen LogP contribution < -0.4 is 5.32 Å². The van der Waals surface area contributed by atoms with Crippen molar-refractivity contribution in [3.63, 3.8) is 0 Å². The second-order valence-electron chi connectivity index (χ2n) is 4.49. The lowest BCUT2D eigenvalue weighted by atomic mass is 10.3. The van der Waals surface area contributed by atoms with Crippen LogP contribution in [-0.4, -0.2) is 43.0 Å². The number of carbonyl (C=O) groups is 2. The van der Waals surface area contributed by atoms with Gasteiger partial charge < -0.3 is 15.0 Å². The summed E-state index contributed by atoms with van der Waals surface area (Å²) in [6.45, 7) is 1.48. The van der Waals surface area contributed by atoms with E-state index < -0.39 is 0 Å². The molecule has 2 rings (SSSR count). The Balaban J connectivity index is 1.65. The Morgan fingerprint density at radius 2 is 1.79 bits per heavy atom. The first-order valence-corrected chi connectivity index (χ1v) is 6.46. The van der Waals surface area contributed by atoms with Crippen LogP contribution in [0.2, 0.25) is 0 Å². The molecule has 1 fully saturated rings. The van der Waals surface area contributed by atoms with Crippen LogP contribution >= 0.6 is 0 Å². The van der Waals surface area contributed by atoms with Gasteiger partial charge in [-0.05, 0) is 25.0 Å². The molecule has 1 aliphatic rings. The average molecular weight is 262 g/mol. The second kappa shape index (κ2) is 6.89. The van der Waals surface area contributed by atoms with E-state index in [-0.39, 0.29) is 25.0 Å². The summed E-state index contributed by atoms with van der Waals surface area (Å²) in [5.41, 5.74) is 0.724. The molecule has 1 aliphatic heterocycles. The van der Waals surface area contributed by atoms with Crippen molar-refractivity contribution in [2.24, 2.45) is 0 Å². The molecule has 1 N–H and O–H groups in total. The van der Waals surface area contributed by atoms with Crippen molar-refractivity contribution in [1.82, 2.24) is 4.90 Å². The molecular formula is C14H18N2O3. The van der Waals surface area contributed by atoms with Crippen LogP contribution in [-0.2, 0) is 14.3 Å². The molecule has 19 heavy (non-hydrogen) atoms. The molecule has 0 bridgehead atoms. The summed E-state index contributed by atoms with van der Waals surface area (Å²) in [5, 5.41) is 2.70. The number of rotatable bonds is 5. The zero-order chi connectivity index (χ0) is 13.5. The van der Waals surface area contributed by atoms with Crippen LogP contribution in [0.25, 0.3) is 0 Å². The van der Waals surface area contributed by atoms with Crippen molar-refractivity contribution in [3.8, 4) is 0 Å². The number of para-hydroxylation sites is 1. The van der Waals surface area contributed by atoms with Crippen LogP contribution in [0.4, 0.5) is 5.69 Å². The largest absolute Gasteiger partial charge is 0.362 e. The van der Waals surface area contributed by atoms with Gasteiger partial charge in [-0.1, -0.05) is 18.2 Å². The first-order chi connectivity index (χ1) is 9.25. The van der Waals surface area contributed by atoms with Gasteiger partial charge in [-0.25, -0.2) is 0 Å². The molecule has 1 aromatic rings. The Morgan fingerprint density at radius 3 is 2.47 bits per heavy atom. The van der Waals surface area contributed by atoms with Crippen LogP contribution in [0.5, 0.6) is 0 Å². The number of nitrogens with zero attached hydrogens (tertiary/aromatic N) is 1. The molecule has 0 aromatic heterocycles. The summed E-state index contributed by atoms with van der Waals surface area (Å²) in [6, 6.07) is 9.15. The van der Waals surface area contributed by atoms with Gasteiger partial charge in [0.25, 0.3) is 0 Å². The van der Waals surface area contributed by atoms with Crippen molar-refractivity contribution in [2.45, 2.75) is 12.8 Å². The number of nitrogens with one attached hydrogen (secondary N) is 1. The third-order valence-corrected chi connectivity index (χ3v) is 2.98. The highest BCUT2D eigenvalue weighted by Gasteiger charge is 2.17. The molecule has 2 amide bonds. The molecule has 102 valence electrons. The zero-order valence-electron chi connectivity index (χ0n) is 10.8. The minimum Gasteiger partial charge on any atom is -0.362 e. The molecule has 1 heterocycles. The quantitative estimate of drug-likeness (QED) is 0.869. The van der Waals surface area contributed by atoms with Gasteiger partial charge in [0.1, 0.15) is 13.2 Å². The SMILES string of the molecule is O=C(COCC(=O)N1CCCC1)Nc1ccccc1. The summed E-state index contributed by atoms with van der Waals surface area (Å²) < 4.78 is 5.14. The average Bonchev–Trinajstić information content (AvgIpc) is 2.93. The minimum absolute atomic E-state index is 0.0256. The van der Waals surface area contributed by atoms with E-state index in [1.807, 2.05) is 18.2 Å². The van der Waals surface area contributed by atoms with Crippen molar-refractivity contribution in [1.29, 1.82) is 0 Å². The van der Waals surface area contributed by atoms with Crippen LogP contribution in [0, 0.1) is 0 Å². The third kappa shape index (κ3) is 4.37. The molecule has 1 saturated heterocycles. The lowest BCUT2D eigenvalue weighted by Crippen LogP contribution is -2.32. The van der Waals surface area contributed by atoms with E-state index in [1.165, 1.54) is 0 Å². The molecule has 0 aliphatic carbocycles. The van der Waals surface area contributed by atoms with E-state index in [2.05, 4.69) is 5.32 Å². The molecule has 0 saturated carbocycles. The van der Waals surface area contributed by atoms with Crippen LogP contribution in [0.15, 0.2) is 30.3 Å². The summed E-state index contributed by atoms with van der Waals surface area (Å²) in [6.07, 6.45) is 2.11. The van der Waals surface area contributed by atoms with Gasteiger partial charge in [0.15, 0.2) is 0 Å². The maximum Gasteiger partial charge on any atom is 0.250 e. The molecular weight excluding hydrogens is 244 g/mol. The van der Waals surface area contributed by atoms with Crippen molar-refractivity contribution in [3.05, 3.63) is 30.3 Å². The predicted octanol–water partition coefficient (Wildman–Crippen LogP) is 1.26. The number of hydrogen-bond donors (Lipinski definition) is 1. The Hall–Kier alpha value is -1.88. The fourth-order valence-electron chi connectivity index (χ4n) is 2.01.